The van der Waals surface area contributed by atoms with E-state index >= 15 is 0 Å². The fraction of sp³-hybridized carbons (Fsp3) is 0.100. The first-order valence-electron chi connectivity index (χ1n) is 21.9. The van der Waals surface area contributed by atoms with Gasteiger partial charge in [-0.05, 0) is 155 Å². The first-order valence-corrected chi connectivity index (χ1v) is 21.9. The van der Waals surface area contributed by atoms with Crippen LogP contribution in [0.2, 0.25) is 0 Å². The molecule has 0 N–H and O–H groups in total. The first-order chi connectivity index (χ1) is 30.4. The second-order valence-electron chi connectivity index (χ2n) is 16.2. The Bertz CT molecular complexity index is 2640. The van der Waals surface area contributed by atoms with Gasteiger partial charge in [-0.3, -0.25) is 0 Å². The van der Waals surface area contributed by atoms with E-state index in [0.717, 1.165) is 47.0 Å². The number of nitrogens with zero attached hydrogens (tertiary/aromatic N) is 2. The lowest BCUT2D eigenvalue weighted by atomic mass is 9.99. The van der Waals surface area contributed by atoms with Gasteiger partial charge in [0.2, 0.25) is 0 Å². The Morgan fingerprint density at radius 1 is 0.226 bits per heavy atom. The maximum absolute atomic E-state index is 2.33. The first kappa shape index (κ1) is 40.0. The molecule has 302 valence electrons. The molecule has 0 radical (unpaired) electrons. The van der Waals surface area contributed by atoms with E-state index in [0.29, 0.717) is 0 Å². The molecular weight excluding hydrogens is 749 g/mol. The Labute approximate surface area is 368 Å². The number of hydrogen-bond donors (Lipinski definition) is 0. The fourth-order valence-electron chi connectivity index (χ4n) is 8.21. The van der Waals surface area contributed by atoms with Crippen molar-refractivity contribution < 1.29 is 0 Å². The highest BCUT2D eigenvalue weighted by Gasteiger charge is 2.15. The summed E-state index contributed by atoms with van der Waals surface area (Å²) in [5, 5.41) is 0. The van der Waals surface area contributed by atoms with Crippen molar-refractivity contribution in [1.82, 2.24) is 0 Å². The van der Waals surface area contributed by atoms with Gasteiger partial charge in [0.15, 0.2) is 0 Å². The smallest absolute Gasteiger partial charge is 0.0462 e. The van der Waals surface area contributed by atoms with Crippen molar-refractivity contribution in [3.63, 3.8) is 0 Å². The summed E-state index contributed by atoms with van der Waals surface area (Å²) in [5.41, 5.74) is 21.6. The zero-order chi connectivity index (χ0) is 42.4. The highest BCUT2D eigenvalue weighted by atomic mass is 15.1. The maximum atomic E-state index is 2.33. The Morgan fingerprint density at radius 2 is 0.387 bits per heavy atom. The summed E-state index contributed by atoms with van der Waals surface area (Å²) in [7, 11) is 0. The van der Waals surface area contributed by atoms with E-state index < -0.39 is 0 Å². The molecule has 0 saturated heterocycles. The van der Waals surface area contributed by atoms with Gasteiger partial charge >= 0.3 is 0 Å². The van der Waals surface area contributed by atoms with Crippen molar-refractivity contribution in [2.75, 3.05) is 9.80 Å². The largest absolute Gasteiger partial charge is 0.311 e. The van der Waals surface area contributed by atoms with Crippen LogP contribution in [0, 0.1) is 13.8 Å². The van der Waals surface area contributed by atoms with E-state index in [4.69, 9.17) is 0 Å². The van der Waals surface area contributed by atoms with Crippen molar-refractivity contribution in [2.45, 2.75) is 40.5 Å². The van der Waals surface area contributed by atoms with Crippen molar-refractivity contribution in [1.29, 1.82) is 0 Å². The van der Waals surface area contributed by atoms with E-state index in [2.05, 4.69) is 256 Å². The lowest BCUT2D eigenvalue weighted by Crippen LogP contribution is -2.09. The lowest BCUT2D eigenvalue weighted by molar-refractivity contribution is 1.14. The Hall–Kier alpha value is -7.42. The van der Waals surface area contributed by atoms with Gasteiger partial charge in [-0.25, -0.2) is 0 Å². The molecule has 0 aliphatic heterocycles. The van der Waals surface area contributed by atoms with Crippen LogP contribution in [0.5, 0.6) is 0 Å². The van der Waals surface area contributed by atoms with Crippen LogP contribution in [0.25, 0.3) is 44.5 Å². The van der Waals surface area contributed by atoms with Crippen LogP contribution in [-0.4, -0.2) is 0 Å². The molecule has 0 amide bonds. The minimum absolute atomic E-state index is 1.05. The lowest BCUT2D eigenvalue weighted by Gasteiger charge is -2.26. The molecule has 9 aromatic rings. The van der Waals surface area contributed by atoms with Gasteiger partial charge in [0, 0.05) is 34.1 Å². The summed E-state index contributed by atoms with van der Waals surface area (Å²) < 4.78 is 0. The van der Waals surface area contributed by atoms with Crippen LogP contribution >= 0.6 is 0 Å². The van der Waals surface area contributed by atoms with Gasteiger partial charge < -0.3 is 9.80 Å². The average molecular weight is 801 g/mol. The fourth-order valence-corrected chi connectivity index (χ4v) is 8.21. The van der Waals surface area contributed by atoms with E-state index in [1.54, 1.807) is 0 Å². The molecular formula is C60H52N2. The Balaban J connectivity index is 0.942. The van der Waals surface area contributed by atoms with Gasteiger partial charge in [0.25, 0.3) is 0 Å². The van der Waals surface area contributed by atoms with Crippen LogP contribution in [0.3, 0.4) is 0 Å². The topological polar surface area (TPSA) is 6.48 Å². The van der Waals surface area contributed by atoms with Gasteiger partial charge in [0.05, 0.1) is 0 Å². The van der Waals surface area contributed by atoms with Gasteiger partial charge in [-0.1, -0.05) is 171 Å². The molecule has 0 aromatic heterocycles. The van der Waals surface area contributed by atoms with Crippen LogP contribution in [0.1, 0.15) is 36.1 Å². The van der Waals surface area contributed by atoms with Crippen molar-refractivity contribution in [2.24, 2.45) is 0 Å². The second-order valence-corrected chi connectivity index (χ2v) is 16.2. The molecule has 2 nitrogen and oxygen atoms in total. The molecule has 0 bridgehead atoms. The number of aryl methyl sites for hydroxylation is 4. The minimum Gasteiger partial charge on any atom is -0.311 e. The Kier molecular flexibility index (Phi) is 11.7. The highest BCUT2D eigenvalue weighted by Crippen LogP contribution is 2.39. The monoisotopic (exact) mass is 800 g/mol. The summed E-state index contributed by atoms with van der Waals surface area (Å²) in [6.45, 7) is 8.66. The molecule has 0 fully saturated rings. The van der Waals surface area contributed by atoms with Crippen molar-refractivity contribution in [3.05, 3.63) is 241 Å². The average Bonchev–Trinajstić information content (AvgIpc) is 3.34. The number of benzene rings is 9. The predicted molar refractivity (Wildman–Crippen MR) is 266 cm³/mol. The Morgan fingerprint density at radius 3 is 0.581 bits per heavy atom. The normalized spacial score (nSPS) is 11.0. The number of anilines is 6. The molecule has 9 rings (SSSR count). The number of rotatable bonds is 12. The van der Waals surface area contributed by atoms with Crippen LogP contribution in [-0.2, 0) is 12.8 Å². The summed E-state index contributed by atoms with van der Waals surface area (Å²) in [6.07, 6.45) is 2.09. The zero-order valence-corrected chi connectivity index (χ0v) is 36.1. The van der Waals surface area contributed by atoms with Gasteiger partial charge in [0.1, 0.15) is 0 Å². The molecule has 9 aromatic carbocycles. The molecule has 0 aliphatic rings. The summed E-state index contributed by atoms with van der Waals surface area (Å²) in [4.78, 5) is 4.67. The molecule has 0 heterocycles. The third-order valence-electron chi connectivity index (χ3n) is 12.0. The quantitative estimate of drug-likeness (QED) is 0.121. The van der Waals surface area contributed by atoms with E-state index in [1.165, 1.54) is 66.8 Å². The van der Waals surface area contributed by atoms with Crippen LogP contribution in [0.15, 0.2) is 218 Å². The van der Waals surface area contributed by atoms with Crippen LogP contribution in [0.4, 0.5) is 34.1 Å². The molecule has 0 unspecified atom stereocenters. The molecule has 0 spiro atoms. The summed E-state index contributed by atoms with van der Waals surface area (Å²) in [5.74, 6) is 0. The van der Waals surface area contributed by atoms with E-state index in [9.17, 15) is 0 Å². The molecule has 0 saturated carbocycles. The standard InChI is InChI=1S/C60H52N2/c1-5-45-11-15-47(16-12-45)51-23-35-57(36-24-51)61(55-31-7-43(3)8-32-55)59-39-27-53(28-40-59)49-19-21-50(22-20-49)54-29-41-60(42-30-54)62(56-33-9-44(4)10-34-56)58-37-25-52(26-38-58)48-17-13-46(6-2)14-18-48/h7-42H,5-6H2,1-4H3. The van der Waals surface area contributed by atoms with Crippen LogP contribution < -0.4 is 9.80 Å². The minimum atomic E-state index is 1.05. The third kappa shape index (κ3) is 8.73. The van der Waals surface area contributed by atoms with Gasteiger partial charge in [-0.2, -0.15) is 0 Å². The van der Waals surface area contributed by atoms with E-state index in [-0.39, 0.29) is 0 Å². The summed E-state index contributed by atoms with van der Waals surface area (Å²) >= 11 is 0. The SMILES string of the molecule is CCc1ccc(-c2ccc(N(c3ccc(C)cc3)c3ccc(-c4ccc(-c5ccc(N(c6ccc(C)cc6)c6ccc(-c7ccc(CC)cc7)cc6)cc5)cc4)cc3)cc2)cc1. The predicted octanol–water partition coefficient (Wildman–Crippen LogP) is 17.0. The summed E-state index contributed by atoms with van der Waals surface area (Å²) in [6, 6.07) is 80.0. The zero-order valence-electron chi connectivity index (χ0n) is 36.1. The second kappa shape index (κ2) is 18.1. The van der Waals surface area contributed by atoms with E-state index in [1.807, 2.05) is 0 Å². The maximum Gasteiger partial charge on any atom is 0.0462 e. The molecule has 0 atom stereocenters. The van der Waals surface area contributed by atoms with Crippen molar-refractivity contribution in [3.8, 4) is 44.5 Å². The number of hydrogen-bond acceptors (Lipinski definition) is 2. The molecule has 2 heteroatoms. The third-order valence-corrected chi connectivity index (χ3v) is 12.0. The highest BCUT2D eigenvalue weighted by molar-refractivity contribution is 5.82. The molecule has 62 heavy (non-hydrogen) atoms. The van der Waals surface area contributed by atoms with Gasteiger partial charge in [-0.15, -0.1) is 0 Å². The van der Waals surface area contributed by atoms with Crippen molar-refractivity contribution >= 4 is 34.1 Å². The molecule has 0 aliphatic carbocycles.